The van der Waals surface area contributed by atoms with E-state index in [9.17, 15) is 13.2 Å². The fraction of sp³-hybridized carbons (Fsp3) is 0.647. The minimum Gasteiger partial charge on any atom is -0.444 e. The monoisotopic (exact) mass is 431 g/mol. The van der Waals surface area contributed by atoms with Crippen molar-refractivity contribution in [3.8, 4) is 0 Å². The van der Waals surface area contributed by atoms with E-state index in [0.29, 0.717) is 36.3 Å². The molecule has 0 radical (unpaired) electrons. The highest BCUT2D eigenvalue weighted by molar-refractivity contribution is 7.91. The molecule has 0 bridgehead atoms. The first kappa shape index (κ1) is 22.4. The lowest BCUT2D eigenvalue weighted by atomic mass is 10.2. The summed E-state index contributed by atoms with van der Waals surface area (Å²) in [5, 5.41) is 0. The van der Waals surface area contributed by atoms with Crippen LogP contribution in [0.25, 0.3) is 0 Å². The summed E-state index contributed by atoms with van der Waals surface area (Å²) in [6.45, 7) is 9.85. The van der Waals surface area contributed by atoms with Crippen molar-refractivity contribution < 1.29 is 17.9 Å². The van der Waals surface area contributed by atoms with Crippen LogP contribution >= 0.6 is 11.3 Å². The van der Waals surface area contributed by atoms with Crippen molar-refractivity contribution in [1.82, 2.24) is 14.5 Å². The Morgan fingerprint density at radius 3 is 2.39 bits per heavy atom. The van der Waals surface area contributed by atoms with Crippen LogP contribution in [0.4, 0.5) is 4.79 Å². The smallest absolute Gasteiger partial charge is 0.410 e. The third-order valence-corrected chi connectivity index (χ3v) is 6.87. The minimum atomic E-state index is -3.51. The topological polar surface area (TPSA) is 117 Å². The van der Waals surface area contributed by atoms with Gasteiger partial charge in [-0.2, -0.15) is 0 Å². The average Bonchev–Trinajstić information content (AvgIpc) is 3.04. The maximum Gasteiger partial charge on any atom is 0.410 e. The van der Waals surface area contributed by atoms with E-state index in [-0.39, 0.29) is 19.2 Å². The normalized spacial score (nSPS) is 16.4. The summed E-state index contributed by atoms with van der Waals surface area (Å²) in [6, 6.07) is 3.36. The van der Waals surface area contributed by atoms with Gasteiger partial charge in [0.15, 0.2) is 5.96 Å². The molecular formula is C17H29N5O4S2. The van der Waals surface area contributed by atoms with Gasteiger partial charge in [-0.25, -0.2) is 17.9 Å². The van der Waals surface area contributed by atoms with Crippen molar-refractivity contribution in [2.24, 2.45) is 10.7 Å². The molecule has 9 nitrogen and oxygen atoms in total. The Hall–Kier alpha value is -1.85. The average molecular weight is 432 g/mol. The first-order valence-electron chi connectivity index (χ1n) is 9.07. The largest absolute Gasteiger partial charge is 0.444 e. The summed E-state index contributed by atoms with van der Waals surface area (Å²) < 4.78 is 32.5. The van der Waals surface area contributed by atoms with Crippen LogP contribution in [0.5, 0.6) is 0 Å². The summed E-state index contributed by atoms with van der Waals surface area (Å²) in [4.78, 5) is 20.8. The van der Waals surface area contributed by atoms with Crippen LogP contribution in [0.3, 0.4) is 0 Å². The highest BCUT2D eigenvalue weighted by atomic mass is 32.2. The summed E-state index contributed by atoms with van der Waals surface area (Å²) in [7, 11) is -3.51. The molecule has 1 aliphatic rings. The number of ether oxygens (including phenoxy) is 1. The maximum absolute atomic E-state index is 12.2. The lowest BCUT2D eigenvalue weighted by molar-refractivity contribution is 0.0186. The number of aryl methyl sites for hydroxylation is 1. The second-order valence-corrected chi connectivity index (χ2v) is 10.7. The minimum absolute atomic E-state index is 0.165. The van der Waals surface area contributed by atoms with E-state index in [2.05, 4.69) is 9.71 Å². The second-order valence-electron chi connectivity index (χ2n) is 7.46. The van der Waals surface area contributed by atoms with Gasteiger partial charge in [-0.1, -0.05) is 0 Å². The molecule has 1 amide bonds. The highest BCUT2D eigenvalue weighted by Crippen LogP contribution is 2.20. The molecule has 1 saturated heterocycles. The molecule has 0 aromatic carbocycles. The summed E-state index contributed by atoms with van der Waals surface area (Å²) in [5.74, 6) is 0.343. The van der Waals surface area contributed by atoms with E-state index in [0.717, 1.165) is 4.88 Å². The quantitative estimate of drug-likeness (QED) is 0.411. The van der Waals surface area contributed by atoms with E-state index in [1.54, 1.807) is 17.0 Å². The maximum atomic E-state index is 12.2. The number of sulfonamides is 1. The van der Waals surface area contributed by atoms with Crippen molar-refractivity contribution in [3.63, 3.8) is 0 Å². The van der Waals surface area contributed by atoms with E-state index in [1.807, 2.05) is 32.6 Å². The number of thiophene rings is 1. The van der Waals surface area contributed by atoms with Gasteiger partial charge in [0.25, 0.3) is 0 Å². The number of nitrogens with zero attached hydrogens (tertiary/aromatic N) is 3. The molecular weight excluding hydrogens is 402 g/mol. The Bertz CT molecular complexity index is 806. The standard InChI is InChI=1S/C17H29N5O4S2/c1-13-5-6-14(27-13)28(24,25)20-8-7-19-15(18)21-9-11-22(12-10-21)16(23)26-17(2,3)4/h5-6,20H,7-12H2,1-4H3,(H2,18,19). The van der Waals surface area contributed by atoms with Gasteiger partial charge in [-0.05, 0) is 39.8 Å². The third-order valence-electron chi connectivity index (χ3n) is 3.91. The number of carbonyl (C=O) groups excluding carboxylic acids is 1. The predicted octanol–water partition coefficient (Wildman–Crippen LogP) is 1.20. The summed E-state index contributed by atoms with van der Waals surface area (Å²) in [5.41, 5.74) is 5.48. The Kier molecular flexibility index (Phi) is 7.29. The summed E-state index contributed by atoms with van der Waals surface area (Å²) >= 11 is 1.23. The number of aliphatic imine (C=N–C) groups is 1. The van der Waals surface area contributed by atoms with Gasteiger partial charge in [0, 0.05) is 37.6 Å². The molecule has 1 aromatic rings. The zero-order chi connectivity index (χ0) is 20.9. The fourth-order valence-electron chi connectivity index (χ4n) is 2.52. The molecule has 0 spiro atoms. The molecule has 28 heavy (non-hydrogen) atoms. The van der Waals surface area contributed by atoms with Crippen LogP contribution in [0.1, 0.15) is 25.6 Å². The number of rotatable bonds is 5. The van der Waals surface area contributed by atoms with Gasteiger partial charge >= 0.3 is 6.09 Å². The number of hydrogen-bond donors (Lipinski definition) is 2. The van der Waals surface area contributed by atoms with Crippen LogP contribution in [0, 0.1) is 6.92 Å². The van der Waals surface area contributed by atoms with Gasteiger partial charge < -0.3 is 20.3 Å². The molecule has 0 unspecified atom stereocenters. The van der Waals surface area contributed by atoms with E-state index in [1.165, 1.54) is 11.3 Å². The van der Waals surface area contributed by atoms with Gasteiger partial charge in [-0.15, -0.1) is 11.3 Å². The number of piperazine rings is 1. The van der Waals surface area contributed by atoms with Crippen LogP contribution in [-0.4, -0.2) is 75.1 Å². The van der Waals surface area contributed by atoms with Crippen molar-refractivity contribution in [2.75, 3.05) is 39.3 Å². The highest BCUT2D eigenvalue weighted by Gasteiger charge is 2.26. The van der Waals surface area contributed by atoms with Crippen molar-refractivity contribution in [3.05, 3.63) is 17.0 Å². The molecule has 0 aliphatic carbocycles. The van der Waals surface area contributed by atoms with Gasteiger partial charge in [0.2, 0.25) is 10.0 Å². The van der Waals surface area contributed by atoms with Crippen LogP contribution < -0.4 is 10.5 Å². The first-order chi connectivity index (χ1) is 13.0. The Balaban J connectivity index is 1.76. The number of nitrogens with one attached hydrogen (secondary N) is 1. The van der Waals surface area contributed by atoms with E-state index >= 15 is 0 Å². The lowest BCUT2D eigenvalue weighted by Gasteiger charge is -2.36. The number of hydrogen-bond acceptors (Lipinski definition) is 6. The first-order valence-corrected chi connectivity index (χ1v) is 11.4. The number of guanidine groups is 1. The van der Waals surface area contributed by atoms with Crippen molar-refractivity contribution in [2.45, 2.75) is 37.5 Å². The SMILES string of the molecule is Cc1ccc(S(=O)(=O)NCCN=C(N)N2CCN(C(=O)OC(C)(C)C)CC2)s1. The third kappa shape index (κ3) is 6.64. The number of carbonyl (C=O) groups is 1. The second kappa shape index (κ2) is 9.10. The van der Waals surface area contributed by atoms with Crippen molar-refractivity contribution in [1.29, 1.82) is 0 Å². The number of nitrogens with two attached hydrogens (primary N) is 1. The molecule has 2 rings (SSSR count). The van der Waals surface area contributed by atoms with Gasteiger partial charge in [0.05, 0.1) is 6.54 Å². The molecule has 158 valence electrons. The summed E-state index contributed by atoms with van der Waals surface area (Å²) in [6.07, 6.45) is -0.333. The van der Waals surface area contributed by atoms with Crippen LogP contribution in [0.15, 0.2) is 21.3 Å². The zero-order valence-electron chi connectivity index (χ0n) is 16.8. The fourth-order valence-corrected chi connectivity index (χ4v) is 4.87. The molecule has 1 aromatic heterocycles. The molecule has 2 heterocycles. The molecule has 3 N–H and O–H groups in total. The molecule has 11 heteroatoms. The lowest BCUT2D eigenvalue weighted by Crippen LogP contribution is -2.53. The predicted molar refractivity (Wildman–Crippen MR) is 110 cm³/mol. The van der Waals surface area contributed by atoms with E-state index in [4.69, 9.17) is 10.5 Å². The van der Waals surface area contributed by atoms with E-state index < -0.39 is 15.6 Å². The van der Waals surface area contributed by atoms with Crippen molar-refractivity contribution >= 4 is 33.4 Å². The molecule has 0 saturated carbocycles. The Labute approximate surface area is 170 Å². The molecule has 1 fully saturated rings. The number of amides is 1. The molecule has 1 aliphatic heterocycles. The van der Waals surface area contributed by atoms with Crippen LogP contribution in [0.2, 0.25) is 0 Å². The Morgan fingerprint density at radius 1 is 1.25 bits per heavy atom. The van der Waals surface area contributed by atoms with Gasteiger partial charge in [-0.3, -0.25) is 4.99 Å². The zero-order valence-corrected chi connectivity index (χ0v) is 18.4. The van der Waals surface area contributed by atoms with Gasteiger partial charge in [0.1, 0.15) is 9.81 Å². The van der Waals surface area contributed by atoms with Crippen LogP contribution in [-0.2, 0) is 14.8 Å². The molecule has 0 atom stereocenters. The Morgan fingerprint density at radius 2 is 1.86 bits per heavy atom.